The molecule has 1 aromatic heterocycles. The van der Waals surface area contributed by atoms with E-state index in [-0.39, 0.29) is 5.69 Å². The third-order valence-electron chi connectivity index (χ3n) is 3.42. The number of nitrogens with one attached hydrogen (secondary N) is 1. The smallest absolute Gasteiger partial charge is 0.248 e. The molecule has 1 heterocycles. The molecule has 1 aromatic carbocycles. The summed E-state index contributed by atoms with van der Waals surface area (Å²) in [4.78, 5) is 11.9. The molecule has 0 radical (unpaired) electrons. The van der Waals surface area contributed by atoms with E-state index < -0.39 is 17.5 Å². The second kappa shape index (κ2) is 8.06. The first-order valence-electron chi connectivity index (χ1n) is 7.59. The third kappa shape index (κ3) is 4.41. The van der Waals surface area contributed by atoms with Gasteiger partial charge in [0.25, 0.3) is 0 Å². The summed E-state index contributed by atoms with van der Waals surface area (Å²) in [5, 5.41) is 7.06. The molecule has 0 atom stereocenters. The lowest BCUT2D eigenvalue weighted by molar-refractivity contribution is -0.111. The first-order chi connectivity index (χ1) is 11.4. The molecule has 128 valence electrons. The van der Waals surface area contributed by atoms with Gasteiger partial charge in [0.1, 0.15) is 16.8 Å². The number of aromatic nitrogens is 2. The van der Waals surface area contributed by atoms with E-state index in [1.165, 1.54) is 12.2 Å². The molecule has 0 aliphatic carbocycles. The van der Waals surface area contributed by atoms with Crippen molar-refractivity contribution in [3.8, 4) is 0 Å². The molecule has 0 spiro atoms. The highest BCUT2D eigenvalue weighted by Crippen LogP contribution is 2.22. The molecule has 0 saturated carbocycles. The van der Waals surface area contributed by atoms with Gasteiger partial charge in [0, 0.05) is 24.3 Å². The monoisotopic (exact) mass is 353 g/mol. The van der Waals surface area contributed by atoms with Gasteiger partial charge in [-0.05, 0) is 31.6 Å². The predicted octanol–water partition coefficient (Wildman–Crippen LogP) is 4.58. The molecule has 0 unspecified atom stereocenters. The van der Waals surface area contributed by atoms with Crippen LogP contribution < -0.4 is 5.32 Å². The first-order valence-corrected chi connectivity index (χ1v) is 7.97. The molecule has 0 bridgehead atoms. The largest absolute Gasteiger partial charge is 0.320 e. The van der Waals surface area contributed by atoms with E-state index in [0.29, 0.717) is 23.0 Å². The van der Waals surface area contributed by atoms with Crippen molar-refractivity contribution >= 4 is 29.3 Å². The standard InChI is InChI=1S/C17H18ClF2N3O/c1-3-4-9-23-17(18)13(11(2)22-23)6-8-16(24)21-15-10-12(19)5-7-14(15)20/h5-8,10H,3-4,9H2,1-2H3,(H,21,24)/b8-6+. The Labute approximate surface area is 144 Å². The number of halogens is 3. The van der Waals surface area contributed by atoms with Crippen molar-refractivity contribution in [3.05, 3.63) is 52.3 Å². The summed E-state index contributed by atoms with van der Waals surface area (Å²) < 4.78 is 28.3. The minimum Gasteiger partial charge on any atom is -0.320 e. The summed E-state index contributed by atoms with van der Waals surface area (Å²) in [5.74, 6) is -1.93. The van der Waals surface area contributed by atoms with Gasteiger partial charge >= 0.3 is 0 Å². The minimum atomic E-state index is -0.709. The van der Waals surface area contributed by atoms with E-state index in [1.807, 2.05) is 0 Å². The van der Waals surface area contributed by atoms with Crippen LogP contribution in [-0.4, -0.2) is 15.7 Å². The Hall–Kier alpha value is -2.21. The number of nitrogens with zero attached hydrogens (tertiary/aromatic N) is 2. The highest BCUT2D eigenvalue weighted by Gasteiger charge is 2.11. The van der Waals surface area contributed by atoms with Crippen molar-refractivity contribution in [2.24, 2.45) is 0 Å². The molecule has 0 aliphatic heterocycles. The highest BCUT2D eigenvalue weighted by molar-refractivity contribution is 6.31. The minimum absolute atomic E-state index is 0.217. The lowest BCUT2D eigenvalue weighted by Crippen LogP contribution is -2.09. The molecule has 4 nitrogen and oxygen atoms in total. The lowest BCUT2D eigenvalue weighted by Gasteiger charge is -2.03. The van der Waals surface area contributed by atoms with Crippen LogP contribution in [0.1, 0.15) is 31.0 Å². The molecule has 0 fully saturated rings. The van der Waals surface area contributed by atoms with Crippen molar-refractivity contribution in [1.29, 1.82) is 0 Å². The second-order valence-corrected chi connectivity index (χ2v) is 5.67. The van der Waals surface area contributed by atoms with Gasteiger partial charge < -0.3 is 5.32 Å². The number of hydrogen-bond donors (Lipinski definition) is 1. The van der Waals surface area contributed by atoms with Crippen molar-refractivity contribution in [3.63, 3.8) is 0 Å². The van der Waals surface area contributed by atoms with Gasteiger partial charge in [0.15, 0.2) is 0 Å². The van der Waals surface area contributed by atoms with Gasteiger partial charge in [0.05, 0.1) is 11.4 Å². The van der Waals surface area contributed by atoms with E-state index >= 15 is 0 Å². The van der Waals surface area contributed by atoms with Crippen molar-refractivity contribution in [2.75, 3.05) is 5.32 Å². The van der Waals surface area contributed by atoms with Crippen LogP contribution in [0.2, 0.25) is 5.15 Å². The fraction of sp³-hybridized carbons (Fsp3) is 0.294. The van der Waals surface area contributed by atoms with Gasteiger partial charge in [-0.3, -0.25) is 9.48 Å². The van der Waals surface area contributed by atoms with E-state index in [1.54, 1.807) is 11.6 Å². The number of carbonyl (C=O) groups excluding carboxylic acids is 1. The average molecular weight is 354 g/mol. The number of unbranched alkanes of at least 4 members (excludes halogenated alkanes) is 1. The zero-order valence-electron chi connectivity index (χ0n) is 13.4. The average Bonchev–Trinajstić information content (AvgIpc) is 2.81. The summed E-state index contributed by atoms with van der Waals surface area (Å²) in [6.07, 6.45) is 4.69. The van der Waals surface area contributed by atoms with Crippen LogP contribution in [0.25, 0.3) is 6.08 Å². The van der Waals surface area contributed by atoms with Gasteiger partial charge in [-0.2, -0.15) is 5.10 Å². The van der Waals surface area contributed by atoms with Crippen LogP contribution in [0, 0.1) is 18.6 Å². The van der Waals surface area contributed by atoms with E-state index in [4.69, 9.17) is 11.6 Å². The molecule has 0 aliphatic rings. The normalized spacial score (nSPS) is 11.2. The zero-order chi connectivity index (χ0) is 17.7. The van der Waals surface area contributed by atoms with Crippen molar-refractivity contribution < 1.29 is 13.6 Å². The molecule has 1 amide bonds. The molecule has 0 saturated heterocycles. The maximum Gasteiger partial charge on any atom is 0.248 e. The summed E-state index contributed by atoms with van der Waals surface area (Å²) in [5.41, 5.74) is 1.10. The van der Waals surface area contributed by atoms with E-state index in [9.17, 15) is 13.6 Å². The molecule has 24 heavy (non-hydrogen) atoms. The van der Waals surface area contributed by atoms with Gasteiger partial charge in [-0.15, -0.1) is 0 Å². The van der Waals surface area contributed by atoms with E-state index in [2.05, 4.69) is 17.3 Å². The molecule has 2 rings (SSSR count). The Balaban J connectivity index is 2.11. The summed E-state index contributed by atoms with van der Waals surface area (Å²) in [7, 11) is 0. The van der Waals surface area contributed by atoms with Crippen LogP contribution in [0.3, 0.4) is 0 Å². The molecular formula is C17H18ClF2N3O. The molecular weight excluding hydrogens is 336 g/mol. The van der Waals surface area contributed by atoms with Gasteiger partial charge in [0.2, 0.25) is 5.91 Å². The Bertz CT molecular complexity index is 771. The van der Waals surface area contributed by atoms with Crippen LogP contribution in [0.4, 0.5) is 14.5 Å². The van der Waals surface area contributed by atoms with Crippen molar-refractivity contribution in [1.82, 2.24) is 9.78 Å². The SMILES string of the molecule is CCCCn1nc(C)c(/C=C/C(=O)Nc2cc(F)ccc2F)c1Cl. The Morgan fingerprint density at radius 1 is 1.42 bits per heavy atom. The second-order valence-electron chi connectivity index (χ2n) is 5.31. The van der Waals surface area contributed by atoms with Crippen LogP contribution in [0.5, 0.6) is 0 Å². The number of amides is 1. The number of anilines is 1. The Kier molecular flexibility index (Phi) is 6.09. The first kappa shape index (κ1) is 18.1. The fourth-order valence-electron chi connectivity index (χ4n) is 2.14. The Morgan fingerprint density at radius 2 is 2.17 bits per heavy atom. The molecule has 7 heteroatoms. The Morgan fingerprint density at radius 3 is 2.88 bits per heavy atom. The maximum atomic E-state index is 13.5. The number of hydrogen-bond acceptors (Lipinski definition) is 2. The van der Waals surface area contributed by atoms with E-state index in [0.717, 1.165) is 31.0 Å². The van der Waals surface area contributed by atoms with Crippen LogP contribution in [0.15, 0.2) is 24.3 Å². The van der Waals surface area contributed by atoms with Crippen LogP contribution >= 0.6 is 11.6 Å². The lowest BCUT2D eigenvalue weighted by atomic mass is 10.2. The summed E-state index contributed by atoms with van der Waals surface area (Å²) in [6, 6.07) is 2.85. The third-order valence-corrected chi connectivity index (χ3v) is 3.82. The number of carbonyl (C=O) groups is 1. The highest BCUT2D eigenvalue weighted by atomic mass is 35.5. The number of rotatable bonds is 6. The van der Waals surface area contributed by atoms with Crippen molar-refractivity contribution in [2.45, 2.75) is 33.2 Å². The predicted molar refractivity (Wildman–Crippen MR) is 90.9 cm³/mol. The molecule has 2 aromatic rings. The fourth-order valence-corrected chi connectivity index (χ4v) is 2.46. The maximum absolute atomic E-state index is 13.5. The van der Waals surface area contributed by atoms with Crippen LogP contribution in [-0.2, 0) is 11.3 Å². The quantitative estimate of drug-likeness (QED) is 0.773. The summed E-state index contributed by atoms with van der Waals surface area (Å²) >= 11 is 6.26. The number of benzene rings is 1. The topological polar surface area (TPSA) is 46.9 Å². The summed E-state index contributed by atoms with van der Waals surface area (Å²) in [6.45, 7) is 4.56. The molecule has 1 N–H and O–H groups in total. The van der Waals surface area contributed by atoms with Gasteiger partial charge in [-0.1, -0.05) is 24.9 Å². The number of aryl methyl sites for hydroxylation is 2. The zero-order valence-corrected chi connectivity index (χ0v) is 14.2. The van der Waals surface area contributed by atoms with Gasteiger partial charge in [-0.25, -0.2) is 8.78 Å².